The predicted octanol–water partition coefficient (Wildman–Crippen LogP) is -0.250. The first-order valence-corrected chi connectivity index (χ1v) is 16.9. The summed E-state index contributed by atoms with van der Waals surface area (Å²) in [5.41, 5.74) is 0. The second kappa shape index (κ2) is 22.4. The fourth-order valence-electron chi connectivity index (χ4n) is 5.52. The molecular weight excluding hydrogens is 606 g/mol. The van der Waals surface area contributed by atoms with Gasteiger partial charge in [0, 0.05) is 6.42 Å². The minimum atomic E-state index is -1.78. The van der Waals surface area contributed by atoms with Gasteiger partial charge in [-0.2, -0.15) is 0 Å². The smallest absolute Gasteiger partial charge is 0.220 e. The number of unbranched alkanes of at least 4 members (excludes halogenated alkanes) is 9. The average Bonchev–Trinajstić information content (AvgIpc) is 3.05. The van der Waals surface area contributed by atoms with Crippen molar-refractivity contribution in [3.05, 3.63) is 12.2 Å². The Morgan fingerprint density at radius 3 is 2.00 bits per heavy atom. The lowest BCUT2D eigenvalue weighted by Crippen LogP contribution is -2.65. The van der Waals surface area contributed by atoms with Gasteiger partial charge in [0.15, 0.2) is 12.6 Å². The van der Waals surface area contributed by atoms with Crippen LogP contribution in [0.15, 0.2) is 12.2 Å². The molecule has 0 aliphatic carbocycles. The zero-order valence-electron chi connectivity index (χ0n) is 27.3. The summed E-state index contributed by atoms with van der Waals surface area (Å²) in [6.07, 6.45) is -1.76. The third-order valence-corrected chi connectivity index (χ3v) is 8.47. The van der Waals surface area contributed by atoms with Gasteiger partial charge in [-0.3, -0.25) is 4.79 Å². The highest BCUT2D eigenvalue weighted by Gasteiger charge is 2.50. The Morgan fingerprint density at radius 1 is 0.761 bits per heavy atom. The minimum Gasteiger partial charge on any atom is -0.394 e. The molecular formula is C32H59NO13. The van der Waals surface area contributed by atoms with Crippen LogP contribution in [0.5, 0.6) is 0 Å². The number of rotatable bonds is 22. The molecule has 1 amide bonds. The van der Waals surface area contributed by atoms with Crippen molar-refractivity contribution in [1.29, 1.82) is 0 Å². The van der Waals surface area contributed by atoms with Gasteiger partial charge in [-0.15, -0.1) is 0 Å². The molecule has 270 valence electrons. The van der Waals surface area contributed by atoms with Crippen molar-refractivity contribution in [2.75, 3.05) is 19.8 Å². The van der Waals surface area contributed by atoms with Gasteiger partial charge in [-0.1, -0.05) is 77.4 Å². The summed E-state index contributed by atoms with van der Waals surface area (Å²) in [4.78, 5) is 12.6. The fourth-order valence-corrected chi connectivity index (χ4v) is 5.52. The van der Waals surface area contributed by atoms with Crippen molar-refractivity contribution in [2.45, 2.75) is 164 Å². The Kier molecular flexibility index (Phi) is 19.9. The van der Waals surface area contributed by atoms with Crippen molar-refractivity contribution in [1.82, 2.24) is 5.32 Å². The molecule has 0 radical (unpaired) electrons. The molecule has 14 heteroatoms. The number of nitrogens with one attached hydrogen (secondary N) is 1. The van der Waals surface area contributed by atoms with E-state index >= 15 is 0 Å². The molecule has 2 aliphatic heterocycles. The molecule has 2 heterocycles. The van der Waals surface area contributed by atoms with E-state index in [-0.39, 0.29) is 18.9 Å². The SMILES string of the molecule is CCCCCCCCC/C=C/C(O)C(COC1OC(CO)C(OC2OC(CO)C(O)C(O)C2O)C(O)C1O)NC(=O)CCCCC. The van der Waals surface area contributed by atoms with E-state index in [2.05, 4.69) is 12.2 Å². The highest BCUT2D eigenvalue weighted by atomic mass is 16.7. The molecule has 9 N–H and O–H groups in total. The maximum Gasteiger partial charge on any atom is 0.220 e. The van der Waals surface area contributed by atoms with Gasteiger partial charge in [-0.05, 0) is 19.3 Å². The highest BCUT2D eigenvalue weighted by Crippen LogP contribution is 2.29. The Hall–Kier alpha value is -1.27. The lowest BCUT2D eigenvalue weighted by atomic mass is 9.97. The lowest BCUT2D eigenvalue weighted by Gasteiger charge is -2.46. The monoisotopic (exact) mass is 665 g/mol. The highest BCUT2D eigenvalue weighted by molar-refractivity contribution is 5.76. The van der Waals surface area contributed by atoms with Crippen LogP contribution < -0.4 is 5.32 Å². The van der Waals surface area contributed by atoms with Crippen LogP contribution in [0.25, 0.3) is 0 Å². The van der Waals surface area contributed by atoms with Crippen molar-refractivity contribution < 1.29 is 64.6 Å². The van der Waals surface area contributed by atoms with Gasteiger partial charge in [-0.25, -0.2) is 0 Å². The first-order valence-electron chi connectivity index (χ1n) is 16.9. The summed E-state index contributed by atoms with van der Waals surface area (Å²) in [6.45, 7) is 2.49. The summed E-state index contributed by atoms with van der Waals surface area (Å²) in [5, 5.41) is 85.2. The molecule has 0 aromatic heterocycles. The summed E-state index contributed by atoms with van der Waals surface area (Å²) in [7, 11) is 0. The molecule has 12 unspecified atom stereocenters. The van der Waals surface area contributed by atoms with Crippen LogP contribution in [0.4, 0.5) is 0 Å². The summed E-state index contributed by atoms with van der Waals surface area (Å²) < 4.78 is 22.3. The molecule has 2 aliphatic rings. The first-order chi connectivity index (χ1) is 22.1. The van der Waals surface area contributed by atoms with E-state index in [0.717, 1.165) is 32.1 Å². The van der Waals surface area contributed by atoms with E-state index in [1.54, 1.807) is 6.08 Å². The standard InChI is InChI=1S/C32H59NO13/c1-3-5-7-8-9-10-11-12-14-15-21(36)20(33-24(37)16-13-6-4-2)19-43-31-29(42)27(40)30(23(18-35)45-31)46-32-28(41)26(39)25(38)22(17-34)44-32/h14-15,20-23,25-32,34-36,38-42H,3-13,16-19H2,1-2H3,(H,33,37)/b15-14+. The third kappa shape index (κ3) is 13.0. The largest absolute Gasteiger partial charge is 0.394 e. The topological polar surface area (TPSA) is 228 Å². The summed E-state index contributed by atoms with van der Waals surface area (Å²) in [6, 6.07) is -0.900. The number of aliphatic hydroxyl groups is 8. The van der Waals surface area contributed by atoms with Crippen LogP contribution in [0.2, 0.25) is 0 Å². The van der Waals surface area contributed by atoms with Gasteiger partial charge in [0.1, 0.15) is 48.8 Å². The Morgan fingerprint density at radius 2 is 1.35 bits per heavy atom. The second-order valence-electron chi connectivity index (χ2n) is 12.3. The Labute approximate surface area is 272 Å². The number of hydrogen-bond acceptors (Lipinski definition) is 13. The number of allylic oxidation sites excluding steroid dienone is 1. The fraction of sp³-hybridized carbons (Fsp3) is 0.906. The molecule has 2 fully saturated rings. The van der Waals surface area contributed by atoms with E-state index in [1.807, 2.05) is 13.0 Å². The number of ether oxygens (including phenoxy) is 4. The van der Waals surface area contributed by atoms with Crippen molar-refractivity contribution in [2.24, 2.45) is 0 Å². The summed E-state index contributed by atoms with van der Waals surface area (Å²) in [5.74, 6) is -0.270. The third-order valence-electron chi connectivity index (χ3n) is 8.47. The van der Waals surface area contributed by atoms with E-state index in [4.69, 9.17) is 18.9 Å². The molecule has 0 aromatic rings. The first kappa shape index (κ1) is 40.9. The van der Waals surface area contributed by atoms with E-state index in [1.165, 1.54) is 32.1 Å². The maximum absolute atomic E-state index is 12.6. The quantitative estimate of drug-likeness (QED) is 0.0538. The molecule has 0 saturated carbocycles. The van der Waals surface area contributed by atoms with Gasteiger partial charge in [0.05, 0.1) is 32.0 Å². The van der Waals surface area contributed by atoms with Crippen molar-refractivity contribution in [3.8, 4) is 0 Å². The molecule has 0 spiro atoms. The Balaban J connectivity index is 2.00. The van der Waals surface area contributed by atoms with Crippen molar-refractivity contribution >= 4 is 5.91 Å². The van der Waals surface area contributed by atoms with E-state index < -0.39 is 86.8 Å². The number of hydrogen-bond donors (Lipinski definition) is 9. The number of amides is 1. The molecule has 14 nitrogen and oxygen atoms in total. The summed E-state index contributed by atoms with van der Waals surface area (Å²) >= 11 is 0. The molecule has 46 heavy (non-hydrogen) atoms. The molecule has 2 saturated heterocycles. The minimum absolute atomic E-state index is 0.267. The van der Waals surface area contributed by atoms with Crippen LogP contribution in [-0.4, -0.2) is 140 Å². The molecule has 0 bridgehead atoms. The van der Waals surface area contributed by atoms with E-state index in [9.17, 15) is 45.6 Å². The van der Waals surface area contributed by atoms with Gasteiger partial charge < -0.3 is 65.1 Å². The van der Waals surface area contributed by atoms with Crippen molar-refractivity contribution in [3.63, 3.8) is 0 Å². The van der Waals surface area contributed by atoms with Crippen LogP contribution in [0.3, 0.4) is 0 Å². The Bertz CT molecular complexity index is 847. The number of carbonyl (C=O) groups excluding carboxylic acids is 1. The van der Waals surface area contributed by atoms with Gasteiger partial charge in [0.2, 0.25) is 5.91 Å². The second-order valence-corrected chi connectivity index (χ2v) is 12.3. The normalized spacial score (nSPS) is 33.3. The van der Waals surface area contributed by atoms with Gasteiger partial charge in [0.25, 0.3) is 0 Å². The van der Waals surface area contributed by atoms with Crippen LogP contribution in [0, 0.1) is 0 Å². The van der Waals surface area contributed by atoms with E-state index in [0.29, 0.717) is 6.42 Å². The van der Waals surface area contributed by atoms with Crippen LogP contribution in [0.1, 0.15) is 90.9 Å². The average molecular weight is 666 g/mol. The molecule has 2 rings (SSSR count). The molecule has 12 atom stereocenters. The van der Waals surface area contributed by atoms with Crippen LogP contribution in [-0.2, 0) is 23.7 Å². The van der Waals surface area contributed by atoms with Gasteiger partial charge >= 0.3 is 0 Å². The molecule has 0 aromatic carbocycles. The zero-order valence-corrected chi connectivity index (χ0v) is 27.3. The lowest BCUT2D eigenvalue weighted by molar-refractivity contribution is -0.359. The predicted molar refractivity (Wildman–Crippen MR) is 166 cm³/mol. The number of aliphatic hydroxyl groups excluding tert-OH is 8. The van der Waals surface area contributed by atoms with Crippen LogP contribution >= 0.6 is 0 Å². The maximum atomic E-state index is 12.6. The zero-order chi connectivity index (χ0) is 34.1. The number of carbonyl (C=O) groups is 1.